The summed E-state index contributed by atoms with van der Waals surface area (Å²) in [5, 5.41) is 14.7. The molecule has 2 aromatic carbocycles. The first-order valence-electron chi connectivity index (χ1n) is 9.57. The van der Waals surface area contributed by atoms with Crippen LogP contribution in [-0.2, 0) is 11.8 Å². The van der Waals surface area contributed by atoms with Gasteiger partial charge >= 0.3 is 0 Å². The van der Waals surface area contributed by atoms with Crippen molar-refractivity contribution in [2.75, 3.05) is 11.1 Å². The number of amides is 1. The molecule has 162 valence electrons. The molecule has 32 heavy (non-hydrogen) atoms. The van der Waals surface area contributed by atoms with Crippen LogP contribution in [0.25, 0.3) is 20.7 Å². The Morgan fingerprint density at radius 3 is 2.69 bits per heavy atom. The van der Waals surface area contributed by atoms with E-state index in [1.807, 2.05) is 36.4 Å². The van der Waals surface area contributed by atoms with Crippen LogP contribution in [-0.4, -0.2) is 26.1 Å². The fourth-order valence-corrected chi connectivity index (χ4v) is 4.99. The highest BCUT2D eigenvalue weighted by Gasteiger charge is 2.18. The summed E-state index contributed by atoms with van der Waals surface area (Å²) in [6.07, 6.45) is 0. The van der Waals surface area contributed by atoms with Gasteiger partial charge in [0.15, 0.2) is 5.16 Å². The second kappa shape index (κ2) is 8.93. The Kier molecular flexibility index (Phi) is 6.06. The molecular weight excluding hydrogens is 448 g/mol. The molecule has 10 heteroatoms. The van der Waals surface area contributed by atoms with Crippen LogP contribution in [0.3, 0.4) is 0 Å². The zero-order valence-electron chi connectivity index (χ0n) is 17.2. The molecule has 0 atom stereocenters. The summed E-state index contributed by atoms with van der Waals surface area (Å²) in [7, 11) is 1.61. The predicted molar refractivity (Wildman–Crippen MR) is 127 cm³/mol. The lowest BCUT2D eigenvalue weighted by Gasteiger charge is -2.08. The first-order chi connectivity index (χ1) is 15.3. The van der Waals surface area contributed by atoms with Crippen molar-refractivity contribution in [3.05, 3.63) is 80.6 Å². The lowest BCUT2D eigenvalue weighted by molar-refractivity contribution is -0.384. The molecule has 0 spiro atoms. The van der Waals surface area contributed by atoms with Crippen molar-refractivity contribution >= 4 is 50.6 Å². The summed E-state index contributed by atoms with van der Waals surface area (Å²) in [6, 6.07) is 16.2. The average molecular weight is 467 g/mol. The smallest absolute Gasteiger partial charge is 0.293 e. The maximum absolute atomic E-state index is 12.8. The minimum absolute atomic E-state index is 0.0479. The Bertz CT molecular complexity index is 1400. The number of aryl methyl sites for hydroxylation is 1. The molecule has 1 amide bonds. The van der Waals surface area contributed by atoms with Crippen molar-refractivity contribution in [1.82, 2.24) is 9.55 Å². The first-order valence-corrected chi connectivity index (χ1v) is 11.4. The number of aromatic nitrogens is 2. The van der Waals surface area contributed by atoms with Gasteiger partial charge in [-0.1, -0.05) is 48.2 Å². The van der Waals surface area contributed by atoms with Gasteiger partial charge in [-0.25, -0.2) is 4.98 Å². The average Bonchev–Trinajstić information content (AvgIpc) is 3.21. The van der Waals surface area contributed by atoms with Crippen molar-refractivity contribution in [2.24, 2.45) is 7.05 Å². The monoisotopic (exact) mass is 466 g/mol. The number of thiophene rings is 1. The molecule has 0 unspecified atom stereocenters. The molecule has 0 aliphatic carbocycles. The van der Waals surface area contributed by atoms with E-state index in [-0.39, 0.29) is 22.7 Å². The van der Waals surface area contributed by atoms with Crippen molar-refractivity contribution in [3.8, 4) is 10.4 Å². The normalized spacial score (nSPS) is 10.9. The van der Waals surface area contributed by atoms with Crippen LogP contribution in [0.5, 0.6) is 0 Å². The number of carbonyl (C=O) groups excluding carboxylic acids is 1. The van der Waals surface area contributed by atoms with E-state index in [4.69, 9.17) is 0 Å². The van der Waals surface area contributed by atoms with Gasteiger partial charge in [0, 0.05) is 18.0 Å². The largest absolute Gasteiger partial charge is 0.320 e. The maximum Gasteiger partial charge on any atom is 0.293 e. The maximum atomic E-state index is 12.8. The number of nitro groups is 1. The van der Waals surface area contributed by atoms with Gasteiger partial charge in [0.1, 0.15) is 10.5 Å². The van der Waals surface area contributed by atoms with Gasteiger partial charge in [-0.2, -0.15) is 0 Å². The van der Waals surface area contributed by atoms with Gasteiger partial charge in [0.25, 0.3) is 11.2 Å². The molecule has 1 N–H and O–H groups in total. The van der Waals surface area contributed by atoms with E-state index in [1.54, 1.807) is 20.0 Å². The summed E-state index contributed by atoms with van der Waals surface area (Å²) in [5.41, 5.74) is 1.51. The number of rotatable bonds is 6. The lowest BCUT2D eigenvalue weighted by atomic mass is 10.2. The van der Waals surface area contributed by atoms with Crippen LogP contribution < -0.4 is 10.9 Å². The topological polar surface area (TPSA) is 107 Å². The number of nitrogens with zero attached hydrogens (tertiary/aromatic N) is 3. The van der Waals surface area contributed by atoms with Gasteiger partial charge < -0.3 is 5.32 Å². The predicted octanol–water partition coefficient (Wildman–Crippen LogP) is 4.61. The summed E-state index contributed by atoms with van der Waals surface area (Å²) >= 11 is 2.52. The van der Waals surface area contributed by atoms with Crippen molar-refractivity contribution < 1.29 is 9.72 Å². The summed E-state index contributed by atoms with van der Waals surface area (Å²) in [6.45, 7) is 1.74. The third-order valence-corrected chi connectivity index (χ3v) is 6.85. The zero-order chi connectivity index (χ0) is 22.8. The zero-order valence-corrected chi connectivity index (χ0v) is 18.8. The van der Waals surface area contributed by atoms with Crippen LogP contribution in [0.15, 0.2) is 64.5 Å². The number of hydrogen-bond donors (Lipinski definition) is 1. The molecular formula is C22H18N4O4S2. The number of anilines is 1. The molecule has 4 rings (SSSR count). The van der Waals surface area contributed by atoms with E-state index in [1.165, 1.54) is 28.0 Å². The van der Waals surface area contributed by atoms with Gasteiger partial charge in [0.2, 0.25) is 5.91 Å². The summed E-state index contributed by atoms with van der Waals surface area (Å²) in [5.74, 6) is -0.472. The minimum Gasteiger partial charge on any atom is -0.320 e. The third kappa shape index (κ3) is 4.41. The van der Waals surface area contributed by atoms with Crippen LogP contribution in [0.2, 0.25) is 0 Å². The van der Waals surface area contributed by atoms with Crippen LogP contribution in [0, 0.1) is 17.0 Å². The first kappa shape index (κ1) is 21.7. The Morgan fingerprint density at radius 2 is 1.97 bits per heavy atom. The molecule has 0 aliphatic heterocycles. The molecule has 0 saturated heterocycles. The van der Waals surface area contributed by atoms with Crippen LogP contribution in [0.1, 0.15) is 5.56 Å². The summed E-state index contributed by atoms with van der Waals surface area (Å²) < 4.78 is 1.41. The standard InChI is InChI=1S/C22H18N4O4S2/c1-13-8-9-16(17(10-13)26(29)30)23-19(27)12-31-22-24-20-15(21(28)25(22)2)11-18(32-20)14-6-4-3-5-7-14/h3-11H,12H2,1-2H3,(H,23,27). The Hall–Kier alpha value is -3.50. The number of nitro benzene ring substituents is 1. The molecule has 0 bridgehead atoms. The quantitative estimate of drug-likeness (QED) is 0.192. The molecule has 2 aromatic heterocycles. The second-order valence-electron chi connectivity index (χ2n) is 7.07. The molecule has 0 radical (unpaired) electrons. The Labute approximate surface area is 191 Å². The van der Waals surface area contributed by atoms with E-state index >= 15 is 0 Å². The molecule has 2 heterocycles. The highest BCUT2D eigenvalue weighted by atomic mass is 32.2. The molecule has 0 fully saturated rings. The van der Waals surface area contributed by atoms with Crippen LogP contribution >= 0.6 is 23.1 Å². The highest BCUT2D eigenvalue weighted by molar-refractivity contribution is 7.99. The lowest BCUT2D eigenvalue weighted by Crippen LogP contribution is -2.21. The van der Waals surface area contributed by atoms with Gasteiger partial charge in [-0.3, -0.25) is 24.3 Å². The number of nitrogens with one attached hydrogen (secondary N) is 1. The fourth-order valence-electron chi connectivity index (χ4n) is 3.14. The van der Waals surface area contributed by atoms with E-state index < -0.39 is 10.8 Å². The van der Waals surface area contributed by atoms with Crippen molar-refractivity contribution in [2.45, 2.75) is 12.1 Å². The Morgan fingerprint density at radius 1 is 1.22 bits per heavy atom. The van der Waals surface area contributed by atoms with Crippen molar-refractivity contribution in [3.63, 3.8) is 0 Å². The van der Waals surface area contributed by atoms with Crippen molar-refractivity contribution in [1.29, 1.82) is 0 Å². The van der Waals surface area contributed by atoms with Gasteiger partial charge in [-0.05, 0) is 30.2 Å². The number of carbonyl (C=O) groups is 1. The number of hydrogen-bond acceptors (Lipinski definition) is 7. The van der Waals surface area contributed by atoms with E-state index in [9.17, 15) is 19.7 Å². The molecule has 4 aromatic rings. The molecule has 0 aliphatic rings. The number of fused-ring (bicyclic) bond motifs is 1. The SMILES string of the molecule is Cc1ccc(NC(=O)CSc2nc3sc(-c4ccccc4)cc3c(=O)n2C)c([N+](=O)[O-])c1. The van der Waals surface area contributed by atoms with E-state index in [0.29, 0.717) is 15.4 Å². The number of benzene rings is 2. The fraction of sp³-hybridized carbons (Fsp3) is 0.136. The number of thioether (sulfide) groups is 1. The van der Waals surface area contributed by atoms with E-state index in [0.717, 1.165) is 27.8 Å². The van der Waals surface area contributed by atoms with Gasteiger partial charge in [0.05, 0.1) is 16.1 Å². The minimum atomic E-state index is -0.532. The second-order valence-corrected chi connectivity index (χ2v) is 9.04. The highest BCUT2D eigenvalue weighted by Crippen LogP contribution is 2.32. The molecule has 8 nitrogen and oxygen atoms in total. The van der Waals surface area contributed by atoms with Gasteiger partial charge in [-0.15, -0.1) is 11.3 Å². The molecule has 0 saturated carbocycles. The third-order valence-electron chi connectivity index (χ3n) is 4.75. The Balaban J connectivity index is 1.55. The van der Waals surface area contributed by atoms with Crippen LogP contribution in [0.4, 0.5) is 11.4 Å². The summed E-state index contributed by atoms with van der Waals surface area (Å²) in [4.78, 5) is 42.1. The van der Waals surface area contributed by atoms with E-state index in [2.05, 4.69) is 10.3 Å².